The Balaban J connectivity index is 0.000000773. The zero-order valence-electron chi connectivity index (χ0n) is 83.4. The number of hydrogen-bond donors (Lipinski definition) is 4. The molecule has 40 heteroatoms. The largest absolute Gasteiger partial charge is 0.461 e. The predicted molar refractivity (Wildman–Crippen MR) is 518 cm³/mol. The van der Waals surface area contributed by atoms with Crippen LogP contribution in [0, 0.1) is 0 Å². The summed E-state index contributed by atoms with van der Waals surface area (Å²) >= 11 is 0. The van der Waals surface area contributed by atoms with E-state index in [-0.39, 0.29) is 127 Å². The van der Waals surface area contributed by atoms with Crippen LogP contribution < -0.4 is 21.3 Å². The van der Waals surface area contributed by atoms with Crippen molar-refractivity contribution in [2.75, 3.05) is 144 Å². The number of rotatable bonds is 36. The van der Waals surface area contributed by atoms with E-state index in [4.69, 9.17) is 28.4 Å². The molecule has 14 amide bonds. The molecule has 0 aliphatic carbocycles. The molecule has 0 spiro atoms. The standard InChI is InChI=1S/C12H19NO3.C11H17NO3.2C10H16N2O2.2C10H15NO3.2C9H14N2O2.2C9H13NO3/c1-10(2)12(15)16-9-8-13-7-5-3-4-6-11(13)14;1-2-11(14)15-9-8-12-7-5-3-4-6-10(12)13;1-7(2)10(14)11-8(3)12-6-4-5-9(12)13;1-8(2)10(14)11-5-7-12-6-3-4-9(12)13;1-7(2)10(13)14-8(3)11-6-4-5-9(11)12;1-8(2)10(13)14-7-6-11-5-3-4-9(11)12;1-3-8(12)10-7(2)11-6-4-5-9(11)13;1-2-8(12)10-5-7-11-6-3-4-9(11)13;1-3-9(12)13-7(2)10-6-4-5-8(10)11;1-2-9(12)13-7-6-10-5-3-4-8(10)11/h1,3-9H2,2H3;2H,1,3-9H2;8H,1,4-6H2,2-3H3,(H,11,14);1,3-7H2,2H3,(H,11,14);8H,1,4-6H2,2-3H3;1,3-7H2,2H3;3,7H,1,4-6H2,2H3,(H,10,12);2H,1,3-7H2,(H,10,12);3,7H,1,4-6H2,2H3;2H,1,3-7H2. The summed E-state index contributed by atoms with van der Waals surface area (Å²) in [5.74, 6) is -2.04. The lowest BCUT2D eigenvalue weighted by molar-refractivity contribution is -0.158. The van der Waals surface area contributed by atoms with Gasteiger partial charge in [-0.3, -0.25) is 67.1 Å². The van der Waals surface area contributed by atoms with Gasteiger partial charge in [0, 0.05) is 202 Å². The molecule has 0 aromatic carbocycles. The quantitative estimate of drug-likeness (QED) is 0.0293. The fourth-order valence-electron chi connectivity index (χ4n) is 14.1. The SMILES string of the molecule is C=C(C)C(=O)NC(C)N1CCCC1=O.C=C(C)C(=O)NCCN1CCCC1=O.C=C(C)C(=O)OC(C)N1CCCC1=O.C=C(C)C(=O)OCCN1CCCC1=O.C=C(C)C(=O)OCCN1CCCCCC1=O.C=CC(=O)NC(C)N1CCCC1=O.C=CC(=O)NCCN1CCCC1=O.C=CC(=O)OC(C)N1CCCC1=O.C=CC(=O)OCCN1CCCC1=O.C=CC(=O)OCCN1CCCCCC1=O. The zero-order valence-corrected chi connectivity index (χ0v) is 83.4. The molecule has 0 aromatic heterocycles. The van der Waals surface area contributed by atoms with Crippen molar-refractivity contribution in [1.82, 2.24) is 70.3 Å². The number of hydrogen-bond acceptors (Lipinski definition) is 26. The maximum absolute atomic E-state index is 11.6. The van der Waals surface area contributed by atoms with E-state index in [1.54, 1.807) is 104 Å². The van der Waals surface area contributed by atoms with Crippen molar-refractivity contribution in [2.24, 2.45) is 0 Å². The highest BCUT2D eigenvalue weighted by molar-refractivity contribution is 5.94. The van der Waals surface area contributed by atoms with Crippen molar-refractivity contribution >= 4 is 119 Å². The molecule has 0 saturated carbocycles. The van der Waals surface area contributed by atoms with Gasteiger partial charge in [0.05, 0.1) is 26.2 Å². The van der Waals surface area contributed by atoms with E-state index in [2.05, 4.69) is 87.1 Å². The predicted octanol–water partition coefficient (Wildman–Crippen LogP) is 6.57. The minimum Gasteiger partial charge on any atom is -0.461 e. The second kappa shape index (κ2) is 70.4. The van der Waals surface area contributed by atoms with E-state index in [1.165, 1.54) is 12.2 Å². The molecule has 10 saturated heterocycles. The maximum atomic E-state index is 11.6. The van der Waals surface area contributed by atoms with Crippen molar-refractivity contribution in [3.8, 4) is 0 Å². The van der Waals surface area contributed by atoms with Crippen molar-refractivity contribution in [3.63, 3.8) is 0 Å². The Kier molecular flexibility index (Phi) is 62.7. The number of nitrogens with zero attached hydrogens (tertiary/aromatic N) is 10. The van der Waals surface area contributed by atoms with Crippen LogP contribution in [0.4, 0.5) is 0 Å². The first-order valence-electron chi connectivity index (χ1n) is 47.4. The normalized spacial score (nSPS) is 17.1. The molecule has 4 N–H and O–H groups in total. The van der Waals surface area contributed by atoms with E-state index in [0.717, 1.165) is 160 Å². The topological polar surface area (TPSA) is 477 Å². The van der Waals surface area contributed by atoms with E-state index in [9.17, 15) is 95.9 Å². The van der Waals surface area contributed by atoms with Crippen molar-refractivity contribution in [3.05, 3.63) is 124 Å². The molecule has 10 rings (SSSR count). The number of likely N-dealkylation sites (tertiary alicyclic amines) is 10. The molecule has 774 valence electrons. The van der Waals surface area contributed by atoms with Crippen molar-refractivity contribution in [2.45, 2.75) is 241 Å². The molecule has 10 fully saturated rings. The van der Waals surface area contributed by atoms with Gasteiger partial charge in [-0.05, 0) is 152 Å². The second-order valence-corrected chi connectivity index (χ2v) is 33.5. The average Bonchev–Trinajstić information content (AvgIpc) is 1.76. The van der Waals surface area contributed by atoms with E-state index >= 15 is 0 Å². The van der Waals surface area contributed by atoms with Crippen molar-refractivity contribution < 1.29 is 124 Å². The van der Waals surface area contributed by atoms with Crippen LogP contribution in [0.25, 0.3) is 0 Å². The molecular weight excluding hydrogens is 1800 g/mol. The summed E-state index contributed by atoms with van der Waals surface area (Å²) < 4.78 is 29.4. The molecule has 4 atom stereocenters. The van der Waals surface area contributed by atoms with Crippen LogP contribution in [0.15, 0.2) is 124 Å². The second-order valence-electron chi connectivity index (χ2n) is 33.5. The van der Waals surface area contributed by atoms with Crippen LogP contribution in [-0.4, -0.2) is 337 Å². The smallest absolute Gasteiger partial charge is 0.335 e. The monoisotopic (exact) mass is 1950 g/mol. The zero-order chi connectivity index (χ0) is 105. The van der Waals surface area contributed by atoms with Gasteiger partial charge in [0.25, 0.3) is 0 Å². The third-order valence-corrected chi connectivity index (χ3v) is 22.0. The highest BCUT2D eigenvalue weighted by Gasteiger charge is 2.32. The van der Waals surface area contributed by atoms with Crippen LogP contribution in [0.3, 0.4) is 0 Å². The molecule has 139 heavy (non-hydrogen) atoms. The Bertz CT molecular complexity index is 4070. The van der Waals surface area contributed by atoms with Crippen molar-refractivity contribution in [1.29, 1.82) is 0 Å². The Hall–Kier alpha value is -13.2. The van der Waals surface area contributed by atoms with Gasteiger partial charge in [-0.25, -0.2) is 28.8 Å². The third kappa shape index (κ3) is 52.8. The Labute approximate surface area is 818 Å². The van der Waals surface area contributed by atoms with Gasteiger partial charge in [-0.15, -0.1) is 0 Å². The number of carbonyl (C=O) groups excluding carboxylic acids is 20. The third-order valence-electron chi connectivity index (χ3n) is 22.0. The highest BCUT2D eigenvalue weighted by atomic mass is 16.6. The fourth-order valence-corrected chi connectivity index (χ4v) is 14.1. The number of nitrogens with one attached hydrogen (secondary N) is 4. The lowest BCUT2D eigenvalue weighted by atomic mass is 10.2. The fraction of sp³-hybridized carbons (Fsp3) is 0.596. The molecule has 10 heterocycles. The summed E-state index contributed by atoms with van der Waals surface area (Å²) in [4.78, 5) is 239. The van der Waals surface area contributed by atoms with Crippen LogP contribution >= 0.6 is 0 Å². The lowest BCUT2D eigenvalue weighted by Crippen LogP contribution is -2.46. The first-order chi connectivity index (χ1) is 65.9. The van der Waals surface area contributed by atoms with E-state index in [1.807, 2.05) is 6.92 Å². The average molecular weight is 1950 g/mol. The van der Waals surface area contributed by atoms with Gasteiger partial charge in [0.15, 0.2) is 12.5 Å². The molecular formula is C99H152N14O26. The van der Waals surface area contributed by atoms with Gasteiger partial charge in [-0.1, -0.05) is 78.6 Å². The van der Waals surface area contributed by atoms with E-state index < -0.39 is 42.3 Å². The van der Waals surface area contributed by atoms with E-state index in [0.29, 0.717) is 158 Å². The molecule has 10 aliphatic heterocycles. The number of amides is 14. The molecule has 40 nitrogen and oxygen atoms in total. The molecule has 0 aromatic rings. The molecule has 0 radical (unpaired) electrons. The number of carbonyl (C=O) groups is 20. The summed E-state index contributed by atoms with van der Waals surface area (Å²) in [6.45, 7) is 62.0. The highest BCUT2D eigenvalue weighted by Crippen LogP contribution is 2.20. The minimum absolute atomic E-state index is 0.0457. The van der Waals surface area contributed by atoms with Gasteiger partial charge >= 0.3 is 35.8 Å². The summed E-state index contributed by atoms with van der Waals surface area (Å²) in [6, 6.07) is 0. The Morgan fingerprint density at radius 3 is 0.842 bits per heavy atom. The van der Waals surface area contributed by atoms with Gasteiger partial charge in [0.2, 0.25) is 82.7 Å². The van der Waals surface area contributed by atoms with Crippen LogP contribution in [0.1, 0.15) is 216 Å². The van der Waals surface area contributed by atoms with Crippen LogP contribution in [0.2, 0.25) is 0 Å². The minimum atomic E-state index is -0.493. The Morgan fingerprint density at radius 2 is 0.554 bits per heavy atom. The van der Waals surface area contributed by atoms with Crippen LogP contribution in [0.5, 0.6) is 0 Å². The van der Waals surface area contributed by atoms with Crippen LogP contribution in [-0.2, 0) is 124 Å². The summed E-state index contributed by atoms with van der Waals surface area (Å²) in [5.41, 5.74) is 2.09. The number of esters is 6. The molecule has 4 unspecified atom stereocenters. The molecule has 10 aliphatic rings. The van der Waals surface area contributed by atoms with Gasteiger partial charge in [-0.2, -0.15) is 0 Å². The maximum Gasteiger partial charge on any atom is 0.335 e. The van der Waals surface area contributed by atoms with Gasteiger partial charge in [0.1, 0.15) is 38.8 Å². The first kappa shape index (κ1) is 124. The molecule has 0 bridgehead atoms. The lowest BCUT2D eigenvalue weighted by Gasteiger charge is -2.25. The number of ether oxygens (including phenoxy) is 6. The summed E-state index contributed by atoms with van der Waals surface area (Å²) in [7, 11) is 0. The first-order valence-corrected chi connectivity index (χ1v) is 47.4. The Morgan fingerprint density at radius 1 is 0.281 bits per heavy atom. The summed E-state index contributed by atoms with van der Waals surface area (Å²) in [6.07, 6.45) is 23.8. The summed E-state index contributed by atoms with van der Waals surface area (Å²) in [5, 5.41) is 10.7. The van der Waals surface area contributed by atoms with Gasteiger partial charge < -0.3 is 98.7 Å².